The van der Waals surface area contributed by atoms with Crippen molar-refractivity contribution in [2.24, 2.45) is 11.7 Å². The van der Waals surface area contributed by atoms with Gasteiger partial charge in [0.15, 0.2) is 0 Å². The van der Waals surface area contributed by atoms with Crippen molar-refractivity contribution >= 4 is 0 Å². The molecule has 0 aromatic heterocycles. The van der Waals surface area contributed by atoms with Gasteiger partial charge < -0.3 is 5.73 Å². The van der Waals surface area contributed by atoms with Crippen LogP contribution < -0.4 is 5.73 Å². The first-order valence-corrected chi connectivity index (χ1v) is 7.74. The molecule has 0 bridgehead atoms. The van der Waals surface area contributed by atoms with Crippen LogP contribution in [0.3, 0.4) is 0 Å². The van der Waals surface area contributed by atoms with Crippen molar-refractivity contribution in [1.82, 2.24) is 4.90 Å². The highest BCUT2D eigenvalue weighted by molar-refractivity contribution is 5.30. The Morgan fingerprint density at radius 3 is 2.55 bits per heavy atom. The summed E-state index contributed by atoms with van der Waals surface area (Å²) in [6.07, 6.45) is 3.73. The highest BCUT2D eigenvalue weighted by Gasteiger charge is 2.34. The van der Waals surface area contributed by atoms with Crippen molar-refractivity contribution in [2.75, 3.05) is 13.1 Å². The largest absolute Gasteiger partial charge is 0.329 e. The fourth-order valence-corrected chi connectivity index (χ4v) is 2.86. The van der Waals surface area contributed by atoms with Crippen molar-refractivity contribution in [3.8, 4) is 0 Å². The number of benzene rings is 1. The van der Waals surface area contributed by atoms with E-state index in [1.165, 1.54) is 24.8 Å². The van der Waals surface area contributed by atoms with Gasteiger partial charge in [0.2, 0.25) is 0 Å². The van der Waals surface area contributed by atoms with E-state index >= 15 is 0 Å². The summed E-state index contributed by atoms with van der Waals surface area (Å²) >= 11 is 0. The second kappa shape index (κ2) is 6.68. The molecule has 1 aliphatic carbocycles. The van der Waals surface area contributed by atoms with Gasteiger partial charge in [-0.3, -0.25) is 4.90 Å². The highest BCUT2D eigenvalue weighted by Crippen LogP contribution is 2.35. The molecule has 0 heterocycles. The molecule has 0 saturated heterocycles. The average Bonchev–Trinajstić information content (AvgIpc) is 3.19. The predicted molar refractivity (Wildman–Crippen MR) is 82.1 cm³/mol. The van der Waals surface area contributed by atoms with E-state index in [9.17, 15) is 4.39 Å². The molecule has 2 N–H and O–H groups in total. The van der Waals surface area contributed by atoms with Crippen molar-refractivity contribution in [3.63, 3.8) is 0 Å². The molecule has 1 aromatic carbocycles. The number of hydrogen-bond donors (Lipinski definition) is 1. The average molecular weight is 278 g/mol. The molecule has 1 atom stereocenters. The lowest BCUT2D eigenvalue weighted by Crippen LogP contribution is -2.37. The van der Waals surface area contributed by atoms with Gasteiger partial charge in [-0.1, -0.05) is 19.9 Å². The third-order valence-electron chi connectivity index (χ3n) is 4.19. The van der Waals surface area contributed by atoms with Gasteiger partial charge in [-0.15, -0.1) is 0 Å². The van der Waals surface area contributed by atoms with E-state index in [1.807, 2.05) is 13.0 Å². The van der Waals surface area contributed by atoms with Crippen LogP contribution in [0.25, 0.3) is 0 Å². The summed E-state index contributed by atoms with van der Waals surface area (Å²) in [5.41, 5.74) is 8.24. The number of rotatable bonds is 7. The first-order valence-electron chi connectivity index (χ1n) is 7.74. The van der Waals surface area contributed by atoms with Gasteiger partial charge in [0.1, 0.15) is 5.82 Å². The maximum absolute atomic E-state index is 13.3. The quantitative estimate of drug-likeness (QED) is 0.825. The van der Waals surface area contributed by atoms with Crippen LogP contribution in [0.2, 0.25) is 0 Å². The van der Waals surface area contributed by atoms with Gasteiger partial charge >= 0.3 is 0 Å². The Labute approximate surface area is 122 Å². The van der Waals surface area contributed by atoms with Crippen LogP contribution in [0.4, 0.5) is 4.39 Å². The zero-order valence-corrected chi connectivity index (χ0v) is 12.9. The van der Waals surface area contributed by atoms with Crippen molar-refractivity contribution in [2.45, 2.75) is 52.1 Å². The smallest absolute Gasteiger partial charge is 0.123 e. The number of nitrogens with two attached hydrogens (primary N) is 1. The minimum Gasteiger partial charge on any atom is -0.329 e. The Morgan fingerprint density at radius 2 is 2.05 bits per heavy atom. The minimum atomic E-state index is -0.165. The normalized spacial score (nSPS) is 16.9. The molecule has 0 spiro atoms. The Morgan fingerprint density at radius 1 is 1.35 bits per heavy atom. The SMILES string of the molecule is Cc1cc(F)ccc1C(CN)N(CCC(C)C)C1CC1. The summed E-state index contributed by atoms with van der Waals surface area (Å²) < 4.78 is 13.3. The maximum Gasteiger partial charge on any atom is 0.123 e. The van der Waals surface area contributed by atoms with Crippen LogP contribution in [0.1, 0.15) is 50.3 Å². The van der Waals surface area contributed by atoms with E-state index in [1.54, 1.807) is 12.1 Å². The molecule has 0 amide bonds. The monoisotopic (exact) mass is 278 g/mol. The zero-order chi connectivity index (χ0) is 14.7. The topological polar surface area (TPSA) is 29.3 Å². The standard InChI is InChI=1S/C17H27FN2/c1-12(2)8-9-20(15-5-6-15)17(11-19)16-7-4-14(18)10-13(16)3/h4,7,10,12,15,17H,5-6,8-9,11,19H2,1-3H3. The minimum absolute atomic E-state index is 0.165. The summed E-state index contributed by atoms with van der Waals surface area (Å²) in [6, 6.07) is 5.98. The van der Waals surface area contributed by atoms with E-state index in [4.69, 9.17) is 5.73 Å². The Balaban J connectivity index is 2.18. The van der Waals surface area contributed by atoms with Crippen molar-refractivity contribution in [3.05, 3.63) is 35.1 Å². The lowest BCUT2D eigenvalue weighted by molar-refractivity contribution is 0.180. The summed E-state index contributed by atoms with van der Waals surface area (Å²) in [5, 5.41) is 0. The van der Waals surface area contributed by atoms with E-state index in [2.05, 4.69) is 18.7 Å². The Hall–Kier alpha value is -0.930. The fraction of sp³-hybridized carbons (Fsp3) is 0.647. The maximum atomic E-state index is 13.3. The van der Waals surface area contributed by atoms with Crippen molar-refractivity contribution < 1.29 is 4.39 Å². The number of halogens is 1. The second-order valence-electron chi connectivity index (χ2n) is 6.40. The van der Waals surface area contributed by atoms with E-state index in [0.717, 1.165) is 12.1 Å². The lowest BCUT2D eigenvalue weighted by atomic mass is 9.98. The van der Waals surface area contributed by atoms with Gasteiger partial charge in [-0.2, -0.15) is 0 Å². The molecular formula is C17H27FN2. The molecule has 1 saturated carbocycles. The molecule has 2 nitrogen and oxygen atoms in total. The third kappa shape index (κ3) is 3.80. The van der Waals surface area contributed by atoms with Gasteiger partial charge in [0.25, 0.3) is 0 Å². The molecule has 1 fully saturated rings. The fourth-order valence-electron chi connectivity index (χ4n) is 2.86. The molecule has 112 valence electrons. The highest BCUT2D eigenvalue weighted by atomic mass is 19.1. The van der Waals surface area contributed by atoms with Gasteiger partial charge in [0, 0.05) is 18.6 Å². The van der Waals surface area contributed by atoms with Gasteiger partial charge in [-0.25, -0.2) is 4.39 Å². The molecule has 1 aromatic rings. The van der Waals surface area contributed by atoms with E-state index < -0.39 is 0 Å². The van der Waals surface area contributed by atoms with E-state index in [-0.39, 0.29) is 11.9 Å². The van der Waals surface area contributed by atoms with E-state index in [0.29, 0.717) is 18.5 Å². The summed E-state index contributed by atoms with van der Waals surface area (Å²) in [4.78, 5) is 2.54. The summed E-state index contributed by atoms with van der Waals surface area (Å²) in [5.74, 6) is 0.533. The molecule has 1 aliphatic rings. The molecule has 2 rings (SSSR count). The molecular weight excluding hydrogens is 251 g/mol. The van der Waals surface area contributed by atoms with Crippen molar-refractivity contribution in [1.29, 1.82) is 0 Å². The van der Waals surface area contributed by atoms with Crippen LogP contribution in [-0.4, -0.2) is 24.0 Å². The summed E-state index contributed by atoms with van der Waals surface area (Å²) in [7, 11) is 0. The van der Waals surface area contributed by atoms with Crippen LogP contribution in [0.5, 0.6) is 0 Å². The summed E-state index contributed by atoms with van der Waals surface area (Å²) in [6.45, 7) is 8.17. The Kier molecular flexibility index (Phi) is 5.17. The number of hydrogen-bond acceptors (Lipinski definition) is 2. The van der Waals surface area contributed by atoms with Crippen LogP contribution >= 0.6 is 0 Å². The lowest BCUT2D eigenvalue weighted by Gasteiger charge is -2.33. The molecule has 3 heteroatoms. The second-order valence-corrected chi connectivity index (χ2v) is 6.40. The first kappa shape index (κ1) is 15.5. The Bertz CT molecular complexity index is 441. The van der Waals surface area contributed by atoms with Gasteiger partial charge in [0.05, 0.1) is 0 Å². The third-order valence-corrected chi connectivity index (χ3v) is 4.19. The molecule has 1 unspecified atom stereocenters. The predicted octanol–water partition coefficient (Wildman–Crippen LogP) is 3.64. The number of aryl methyl sites for hydroxylation is 1. The first-order chi connectivity index (χ1) is 9.52. The van der Waals surface area contributed by atoms with Gasteiger partial charge in [-0.05, 0) is 61.9 Å². The number of nitrogens with zero attached hydrogens (tertiary/aromatic N) is 1. The van der Waals surface area contributed by atoms with Crippen LogP contribution in [0.15, 0.2) is 18.2 Å². The molecule has 0 radical (unpaired) electrons. The van der Waals surface area contributed by atoms with Crippen LogP contribution in [-0.2, 0) is 0 Å². The zero-order valence-electron chi connectivity index (χ0n) is 12.9. The molecule has 20 heavy (non-hydrogen) atoms. The molecule has 0 aliphatic heterocycles. The van der Waals surface area contributed by atoms with Crippen LogP contribution in [0, 0.1) is 18.7 Å².